The summed E-state index contributed by atoms with van der Waals surface area (Å²) in [4.78, 5) is 4.40. The van der Waals surface area contributed by atoms with E-state index in [0.717, 1.165) is 5.70 Å². The van der Waals surface area contributed by atoms with Crippen LogP contribution in [0, 0.1) is 11.8 Å². The molecular formula is C12H21N. The number of allylic oxidation sites excluding steroid dienone is 3. The first-order chi connectivity index (χ1) is 6.04. The zero-order valence-corrected chi connectivity index (χ0v) is 9.46. The third kappa shape index (κ3) is 3.58. The Bertz CT molecular complexity index is 219. The van der Waals surface area contributed by atoms with Crippen LogP contribution in [0.2, 0.25) is 0 Å². The van der Waals surface area contributed by atoms with Gasteiger partial charge in [-0.05, 0) is 24.3 Å². The molecule has 1 nitrogen and oxygen atoms in total. The summed E-state index contributed by atoms with van der Waals surface area (Å²) in [5.41, 5.74) is 2.42. The van der Waals surface area contributed by atoms with Gasteiger partial charge in [0.05, 0.1) is 0 Å². The van der Waals surface area contributed by atoms with Crippen LogP contribution >= 0.6 is 0 Å². The highest BCUT2D eigenvalue weighted by atomic mass is 14.7. The van der Waals surface area contributed by atoms with Gasteiger partial charge in [0.1, 0.15) is 0 Å². The average Bonchev–Trinajstić information content (AvgIpc) is 2.03. The number of nitrogens with zero attached hydrogens (tertiary/aromatic N) is 1. The molecule has 0 aliphatic rings. The molecule has 0 aromatic heterocycles. The molecule has 0 N–H and O–H groups in total. The number of hydrogen-bond donors (Lipinski definition) is 0. The standard InChI is InChI=1S/C12H21N/c1-7-11(9(3)4)12(10(5)6)13-8-2/h7-10H,1H2,2-6H3/b12-11+,13-8-. The van der Waals surface area contributed by atoms with E-state index >= 15 is 0 Å². The van der Waals surface area contributed by atoms with Crippen LogP contribution < -0.4 is 0 Å². The van der Waals surface area contributed by atoms with Crippen molar-refractivity contribution in [1.82, 2.24) is 0 Å². The van der Waals surface area contributed by atoms with Crippen LogP contribution in [0.1, 0.15) is 34.6 Å². The molecule has 0 fully saturated rings. The third-order valence-electron chi connectivity index (χ3n) is 1.95. The lowest BCUT2D eigenvalue weighted by atomic mass is 9.96. The fourth-order valence-electron chi connectivity index (χ4n) is 1.33. The molecule has 0 saturated heterocycles. The van der Waals surface area contributed by atoms with E-state index < -0.39 is 0 Å². The molecule has 0 unspecified atom stereocenters. The van der Waals surface area contributed by atoms with Crippen molar-refractivity contribution in [3.05, 3.63) is 23.9 Å². The minimum atomic E-state index is 0.464. The Morgan fingerprint density at radius 2 is 1.69 bits per heavy atom. The van der Waals surface area contributed by atoms with Crippen molar-refractivity contribution >= 4 is 6.21 Å². The number of rotatable bonds is 4. The molecule has 1 heteroatoms. The predicted octanol–water partition coefficient (Wildman–Crippen LogP) is 3.83. The lowest BCUT2D eigenvalue weighted by Crippen LogP contribution is -2.01. The maximum Gasteiger partial charge on any atom is 0.0459 e. The van der Waals surface area contributed by atoms with E-state index in [4.69, 9.17) is 0 Å². The molecule has 0 atom stereocenters. The zero-order chi connectivity index (χ0) is 10.4. The largest absolute Gasteiger partial charge is 0.265 e. The van der Waals surface area contributed by atoms with Crippen LogP contribution in [0.5, 0.6) is 0 Å². The van der Waals surface area contributed by atoms with Crippen molar-refractivity contribution in [2.24, 2.45) is 16.8 Å². The molecule has 0 saturated carbocycles. The smallest absolute Gasteiger partial charge is 0.0459 e. The van der Waals surface area contributed by atoms with E-state index in [1.165, 1.54) is 5.57 Å². The molecule has 0 spiro atoms. The fraction of sp³-hybridized carbons (Fsp3) is 0.583. The summed E-state index contributed by atoms with van der Waals surface area (Å²) in [5, 5.41) is 0. The summed E-state index contributed by atoms with van der Waals surface area (Å²) < 4.78 is 0. The molecule has 13 heavy (non-hydrogen) atoms. The molecular weight excluding hydrogens is 158 g/mol. The summed E-state index contributed by atoms with van der Waals surface area (Å²) in [6.45, 7) is 14.4. The van der Waals surface area contributed by atoms with Crippen LogP contribution in [0.15, 0.2) is 28.9 Å². The van der Waals surface area contributed by atoms with Gasteiger partial charge < -0.3 is 0 Å². The van der Waals surface area contributed by atoms with Crippen molar-refractivity contribution in [1.29, 1.82) is 0 Å². The SMILES string of the molecule is C=C/C(=C(\N=C/C)C(C)C)C(C)C. The van der Waals surface area contributed by atoms with E-state index in [1.54, 1.807) is 0 Å². The van der Waals surface area contributed by atoms with Gasteiger partial charge in [0.2, 0.25) is 0 Å². The average molecular weight is 179 g/mol. The highest BCUT2D eigenvalue weighted by Gasteiger charge is 2.09. The summed E-state index contributed by atoms with van der Waals surface area (Å²) in [6.07, 6.45) is 3.77. The van der Waals surface area contributed by atoms with E-state index in [1.807, 2.05) is 19.2 Å². The van der Waals surface area contributed by atoms with Gasteiger partial charge in [0, 0.05) is 11.9 Å². The lowest BCUT2D eigenvalue weighted by molar-refractivity contribution is 0.699. The Kier molecular flexibility index (Phi) is 5.36. The highest BCUT2D eigenvalue weighted by molar-refractivity contribution is 5.56. The minimum Gasteiger partial charge on any atom is -0.265 e. The Morgan fingerprint density at radius 3 is 1.92 bits per heavy atom. The lowest BCUT2D eigenvalue weighted by Gasteiger charge is -2.14. The second-order valence-electron chi connectivity index (χ2n) is 3.74. The van der Waals surface area contributed by atoms with Crippen molar-refractivity contribution in [3.8, 4) is 0 Å². The number of aliphatic imine (C=N–C) groups is 1. The van der Waals surface area contributed by atoms with E-state index in [9.17, 15) is 0 Å². The Morgan fingerprint density at radius 1 is 1.15 bits per heavy atom. The molecule has 0 heterocycles. The van der Waals surface area contributed by atoms with Gasteiger partial charge in [0.25, 0.3) is 0 Å². The van der Waals surface area contributed by atoms with E-state index in [0.29, 0.717) is 11.8 Å². The topological polar surface area (TPSA) is 12.4 Å². The Labute approximate surface area is 82.3 Å². The van der Waals surface area contributed by atoms with E-state index in [-0.39, 0.29) is 0 Å². The van der Waals surface area contributed by atoms with Crippen LogP contribution in [0.4, 0.5) is 0 Å². The minimum absolute atomic E-state index is 0.464. The third-order valence-corrected chi connectivity index (χ3v) is 1.95. The van der Waals surface area contributed by atoms with Crippen LogP contribution in [-0.4, -0.2) is 6.21 Å². The second-order valence-corrected chi connectivity index (χ2v) is 3.74. The maximum atomic E-state index is 4.40. The highest BCUT2D eigenvalue weighted by Crippen LogP contribution is 2.22. The normalized spacial score (nSPS) is 14.1. The first-order valence-corrected chi connectivity index (χ1v) is 4.89. The maximum absolute atomic E-state index is 4.40. The Balaban J connectivity index is 5.12. The summed E-state index contributed by atoms with van der Waals surface area (Å²) in [6, 6.07) is 0. The van der Waals surface area contributed by atoms with Crippen LogP contribution in [-0.2, 0) is 0 Å². The molecule has 0 aliphatic carbocycles. The molecule has 0 aliphatic heterocycles. The van der Waals surface area contributed by atoms with Crippen molar-refractivity contribution in [2.75, 3.05) is 0 Å². The fourth-order valence-corrected chi connectivity index (χ4v) is 1.33. The molecule has 0 bridgehead atoms. The molecule has 0 aromatic carbocycles. The van der Waals surface area contributed by atoms with Gasteiger partial charge in [-0.3, -0.25) is 4.99 Å². The summed E-state index contributed by atoms with van der Waals surface area (Å²) >= 11 is 0. The van der Waals surface area contributed by atoms with Crippen molar-refractivity contribution < 1.29 is 0 Å². The molecule has 74 valence electrons. The molecule has 0 aromatic rings. The van der Waals surface area contributed by atoms with Crippen LogP contribution in [0.3, 0.4) is 0 Å². The van der Waals surface area contributed by atoms with Gasteiger partial charge >= 0.3 is 0 Å². The van der Waals surface area contributed by atoms with Gasteiger partial charge in [-0.2, -0.15) is 0 Å². The molecule has 0 rings (SSSR count). The first kappa shape index (κ1) is 12.2. The monoisotopic (exact) mass is 179 g/mol. The summed E-state index contributed by atoms with van der Waals surface area (Å²) in [5.74, 6) is 0.963. The van der Waals surface area contributed by atoms with E-state index in [2.05, 4.69) is 39.3 Å². The van der Waals surface area contributed by atoms with Gasteiger partial charge in [-0.25, -0.2) is 0 Å². The van der Waals surface area contributed by atoms with Crippen LogP contribution in [0.25, 0.3) is 0 Å². The second kappa shape index (κ2) is 5.74. The summed E-state index contributed by atoms with van der Waals surface area (Å²) in [7, 11) is 0. The first-order valence-electron chi connectivity index (χ1n) is 4.89. The number of hydrogen-bond acceptors (Lipinski definition) is 1. The van der Waals surface area contributed by atoms with Gasteiger partial charge in [-0.1, -0.05) is 40.3 Å². The Hall–Kier alpha value is -0.850. The quantitative estimate of drug-likeness (QED) is 0.459. The van der Waals surface area contributed by atoms with Crippen molar-refractivity contribution in [2.45, 2.75) is 34.6 Å². The zero-order valence-electron chi connectivity index (χ0n) is 9.46. The van der Waals surface area contributed by atoms with Crippen molar-refractivity contribution in [3.63, 3.8) is 0 Å². The molecule has 0 radical (unpaired) electrons. The van der Waals surface area contributed by atoms with Gasteiger partial charge in [-0.15, -0.1) is 0 Å². The molecule has 0 amide bonds. The predicted molar refractivity (Wildman–Crippen MR) is 61.1 cm³/mol. The van der Waals surface area contributed by atoms with Gasteiger partial charge in [0.15, 0.2) is 0 Å².